The van der Waals surface area contributed by atoms with E-state index in [9.17, 15) is 9.59 Å². The molecule has 1 N–H and O–H groups in total. The van der Waals surface area contributed by atoms with Crippen LogP contribution in [0.15, 0.2) is 78.9 Å². The van der Waals surface area contributed by atoms with Crippen LogP contribution in [-0.4, -0.2) is 56.2 Å². The Morgan fingerprint density at radius 1 is 0.923 bits per heavy atom. The molecule has 3 aromatic rings. The first-order chi connectivity index (χ1) is 19.1. The number of amides is 2. The number of carbonyl (C=O) groups excluding carboxylic acids is 2. The van der Waals surface area contributed by atoms with Gasteiger partial charge in [0.2, 0.25) is 5.91 Å². The van der Waals surface area contributed by atoms with Crippen molar-refractivity contribution in [1.29, 1.82) is 0 Å². The van der Waals surface area contributed by atoms with Crippen LogP contribution in [0.25, 0.3) is 0 Å². The number of carbonyl (C=O) groups is 2. The predicted octanol–water partition coefficient (Wildman–Crippen LogP) is 5.32. The molecule has 3 aromatic carbocycles. The third-order valence-electron chi connectivity index (χ3n) is 8.38. The van der Waals surface area contributed by atoms with E-state index in [1.807, 2.05) is 36.1 Å². The average molecular weight is 527 g/mol. The highest BCUT2D eigenvalue weighted by Crippen LogP contribution is 2.47. The number of piperidine rings is 1. The number of methoxy groups -OCH3 is 1. The summed E-state index contributed by atoms with van der Waals surface area (Å²) in [7, 11) is 1.57. The summed E-state index contributed by atoms with van der Waals surface area (Å²) in [6, 6.07) is 26.3. The number of hydrogen-bond acceptors (Lipinski definition) is 4. The molecule has 2 amide bonds. The number of likely N-dealkylation sites (tertiary alicyclic amines) is 1. The number of nitrogens with zero attached hydrogens (tertiary/aromatic N) is 1. The number of fused-ring (bicyclic) bond motifs is 1. The van der Waals surface area contributed by atoms with E-state index in [0.717, 1.165) is 31.2 Å². The minimum Gasteiger partial charge on any atom is -0.496 e. The van der Waals surface area contributed by atoms with Crippen molar-refractivity contribution in [2.24, 2.45) is 0 Å². The number of hydrogen-bond donors (Lipinski definition) is 1. The number of rotatable bonds is 8. The Bertz CT molecular complexity index is 1290. The van der Waals surface area contributed by atoms with E-state index in [4.69, 9.17) is 9.47 Å². The lowest BCUT2D eigenvalue weighted by Crippen LogP contribution is -2.49. The topological polar surface area (TPSA) is 67.9 Å². The van der Waals surface area contributed by atoms with E-state index in [-0.39, 0.29) is 29.2 Å². The normalized spacial score (nSPS) is 21.2. The van der Waals surface area contributed by atoms with Gasteiger partial charge < -0.3 is 19.7 Å². The van der Waals surface area contributed by atoms with Gasteiger partial charge in [0.25, 0.3) is 5.91 Å². The summed E-state index contributed by atoms with van der Waals surface area (Å²) in [5.41, 5.74) is 3.83. The molecule has 2 aliphatic rings. The van der Waals surface area contributed by atoms with Crippen molar-refractivity contribution in [2.45, 2.75) is 50.0 Å². The molecule has 6 nitrogen and oxygen atoms in total. The zero-order valence-electron chi connectivity index (χ0n) is 22.9. The van der Waals surface area contributed by atoms with E-state index in [2.05, 4.69) is 47.8 Å². The Kier molecular flexibility index (Phi) is 8.32. The molecule has 39 heavy (non-hydrogen) atoms. The second-order valence-electron chi connectivity index (χ2n) is 10.5. The third kappa shape index (κ3) is 5.44. The van der Waals surface area contributed by atoms with Gasteiger partial charge in [-0.05, 0) is 61.4 Å². The average Bonchev–Trinajstić information content (AvgIpc) is 3.00. The van der Waals surface area contributed by atoms with Crippen molar-refractivity contribution in [3.05, 3.63) is 101 Å². The molecule has 1 aliphatic carbocycles. The minimum absolute atomic E-state index is 0.0297. The molecule has 1 saturated heterocycles. The van der Waals surface area contributed by atoms with Crippen LogP contribution in [0.5, 0.6) is 5.75 Å². The molecule has 2 atom stereocenters. The zero-order chi connectivity index (χ0) is 27.2. The van der Waals surface area contributed by atoms with Crippen LogP contribution in [0.3, 0.4) is 0 Å². The smallest absolute Gasteiger partial charge is 0.255 e. The Balaban J connectivity index is 1.30. The lowest BCUT2D eigenvalue weighted by molar-refractivity contribution is -0.134. The predicted molar refractivity (Wildman–Crippen MR) is 152 cm³/mol. The molecule has 0 spiro atoms. The number of ether oxygens (including phenoxy) is 2. The minimum atomic E-state index is -0.263. The maximum Gasteiger partial charge on any atom is 0.255 e. The lowest BCUT2D eigenvalue weighted by atomic mass is 9.63. The van der Waals surface area contributed by atoms with Crippen LogP contribution >= 0.6 is 0 Å². The molecule has 6 heteroatoms. The summed E-state index contributed by atoms with van der Waals surface area (Å²) in [5.74, 6) is 0.453. The van der Waals surface area contributed by atoms with Crippen molar-refractivity contribution >= 4 is 11.8 Å². The lowest BCUT2D eigenvalue weighted by Gasteiger charge is -2.43. The van der Waals surface area contributed by atoms with Crippen LogP contribution in [0.4, 0.5) is 0 Å². The summed E-state index contributed by atoms with van der Waals surface area (Å²) in [6.07, 6.45) is 3.11. The standard InChI is InChI=1S/C33H38N2O4/c1-3-39-23-33(24-11-5-4-6-12-24)20-17-27(26-13-7-9-15-29(26)33)32(37)35-21-18-25(19-22-35)34-31(36)28-14-8-10-16-30(28)38-2/h4-16,25,27H,3,17-23H2,1-2H3,(H,34,36)/t27-,33+/m0/s1. The van der Waals surface area contributed by atoms with Gasteiger partial charge in [0.15, 0.2) is 0 Å². The molecule has 0 radical (unpaired) electrons. The fourth-order valence-electron chi connectivity index (χ4n) is 6.30. The summed E-state index contributed by atoms with van der Waals surface area (Å²) in [6.45, 7) is 4.56. The first-order valence-electron chi connectivity index (χ1n) is 14.0. The highest BCUT2D eigenvalue weighted by Gasteiger charge is 2.44. The molecule has 1 heterocycles. The van der Waals surface area contributed by atoms with Gasteiger partial charge >= 0.3 is 0 Å². The van der Waals surface area contributed by atoms with Gasteiger partial charge in [-0.2, -0.15) is 0 Å². The first-order valence-corrected chi connectivity index (χ1v) is 14.0. The van der Waals surface area contributed by atoms with Crippen LogP contribution in [0.1, 0.15) is 65.6 Å². The van der Waals surface area contributed by atoms with Gasteiger partial charge in [0.05, 0.1) is 25.2 Å². The maximum absolute atomic E-state index is 13.9. The molecule has 5 rings (SSSR count). The highest BCUT2D eigenvalue weighted by molar-refractivity contribution is 5.97. The summed E-state index contributed by atoms with van der Waals surface area (Å²) in [5, 5.41) is 3.14. The molecular weight excluding hydrogens is 488 g/mol. The highest BCUT2D eigenvalue weighted by atomic mass is 16.5. The van der Waals surface area contributed by atoms with Crippen molar-refractivity contribution < 1.29 is 19.1 Å². The molecule has 0 unspecified atom stereocenters. The van der Waals surface area contributed by atoms with Gasteiger partial charge in [0, 0.05) is 31.2 Å². The maximum atomic E-state index is 13.9. The molecule has 1 aliphatic heterocycles. The Morgan fingerprint density at radius 3 is 2.36 bits per heavy atom. The number of nitrogens with one attached hydrogen (secondary N) is 1. The molecule has 1 fully saturated rings. The zero-order valence-corrected chi connectivity index (χ0v) is 22.9. The van der Waals surface area contributed by atoms with Crippen LogP contribution in [0, 0.1) is 0 Å². The van der Waals surface area contributed by atoms with E-state index < -0.39 is 0 Å². The van der Waals surface area contributed by atoms with Gasteiger partial charge in [0.1, 0.15) is 5.75 Å². The summed E-state index contributed by atoms with van der Waals surface area (Å²) in [4.78, 5) is 28.8. The summed E-state index contributed by atoms with van der Waals surface area (Å²) >= 11 is 0. The summed E-state index contributed by atoms with van der Waals surface area (Å²) < 4.78 is 11.4. The van der Waals surface area contributed by atoms with Crippen LogP contribution in [0.2, 0.25) is 0 Å². The van der Waals surface area contributed by atoms with Gasteiger partial charge in [-0.3, -0.25) is 9.59 Å². The third-order valence-corrected chi connectivity index (χ3v) is 8.38. The quantitative estimate of drug-likeness (QED) is 0.432. The Morgan fingerprint density at radius 2 is 1.62 bits per heavy atom. The number of benzene rings is 3. The second-order valence-corrected chi connectivity index (χ2v) is 10.5. The van der Waals surface area contributed by atoms with Crippen molar-refractivity contribution in [3.8, 4) is 5.75 Å². The second kappa shape index (κ2) is 12.0. The van der Waals surface area contributed by atoms with Crippen LogP contribution in [-0.2, 0) is 14.9 Å². The van der Waals surface area contributed by atoms with Crippen molar-refractivity contribution in [3.63, 3.8) is 0 Å². The van der Waals surface area contributed by atoms with E-state index in [1.54, 1.807) is 19.2 Å². The molecule has 0 bridgehead atoms. The van der Waals surface area contributed by atoms with E-state index in [1.165, 1.54) is 11.1 Å². The van der Waals surface area contributed by atoms with Crippen molar-refractivity contribution in [1.82, 2.24) is 10.2 Å². The first kappa shape index (κ1) is 26.9. The van der Waals surface area contributed by atoms with Crippen LogP contribution < -0.4 is 10.1 Å². The van der Waals surface area contributed by atoms with Gasteiger partial charge in [-0.15, -0.1) is 0 Å². The Labute approximate surface area is 231 Å². The van der Waals surface area contributed by atoms with Gasteiger partial charge in [-0.1, -0.05) is 66.7 Å². The monoisotopic (exact) mass is 526 g/mol. The number of para-hydroxylation sites is 1. The Hall–Kier alpha value is -3.64. The van der Waals surface area contributed by atoms with E-state index >= 15 is 0 Å². The molecule has 0 saturated carbocycles. The SMILES string of the molecule is CCOC[C@@]1(c2ccccc2)CC[C@H](C(=O)N2CCC(NC(=O)c3ccccc3OC)CC2)c2ccccc21. The molecular formula is C33H38N2O4. The molecule has 0 aromatic heterocycles. The fourth-order valence-corrected chi connectivity index (χ4v) is 6.30. The van der Waals surface area contributed by atoms with Gasteiger partial charge in [-0.25, -0.2) is 0 Å². The van der Waals surface area contributed by atoms with Crippen molar-refractivity contribution in [2.75, 3.05) is 33.4 Å². The molecule has 204 valence electrons. The fraction of sp³-hybridized carbons (Fsp3) is 0.394. The van der Waals surface area contributed by atoms with E-state index in [0.29, 0.717) is 37.6 Å². The largest absolute Gasteiger partial charge is 0.496 e.